The zero-order valence-corrected chi connectivity index (χ0v) is 13.0. The van der Waals surface area contributed by atoms with Crippen LogP contribution >= 0.6 is 0 Å². The van der Waals surface area contributed by atoms with Crippen LogP contribution in [0.2, 0.25) is 0 Å². The van der Waals surface area contributed by atoms with Crippen molar-refractivity contribution in [2.24, 2.45) is 0 Å². The van der Waals surface area contributed by atoms with Crippen LogP contribution in [0.25, 0.3) is 0 Å². The van der Waals surface area contributed by atoms with Crippen LogP contribution < -0.4 is 10.6 Å². The zero-order chi connectivity index (χ0) is 16.8. The summed E-state index contributed by atoms with van der Waals surface area (Å²) in [6, 6.07) is 14.2. The molecule has 0 saturated heterocycles. The van der Waals surface area contributed by atoms with Crippen molar-refractivity contribution in [1.29, 1.82) is 5.26 Å². The minimum Gasteiger partial charge on any atom is -0.324 e. The topological polar surface area (TPSA) is 82.0 Å². The van der Waals surface area contributed by atoms with Gasteiger partial charge in [0.25, 0.3) is 5.91 Å². The van der Waals surface area contributed by atoms with E-state index in [0.717, 1.165) is 11.1 Å². The number of hydrogen-bond acceptors (Lipinski definition) is 3. The SMILES string of the molecule is Cc1cc(C)cc(NC(=O)c2ccccc2NC(=O)CC#N)c1. The molecule has 0 saturated carbocycles. The van der Waals surface area contributed by atoms with E-state index >= 15 is 0 Å². The number of benzene rings is 2. The standard InChI is InChI=1S/C18H17N3O2/c1-12-9-13(2)11-14(10-12)20-18(23)15-5-3-4-6-16(15)21-17(22)7-8-19/h3-6,9-11H,7H2,1-2H3,(H,20,23)(H,21,22). The van der Waals surface area contributed by atoms with Crippen LogP contribution in [0.5, 0.6) is 0 Å². The van der Waals surface area contributed by atoms with Crippen molar-refractivity contribution >= 4 is 23.2 Å². The number of carbonyl (C=O) groups is 2. The Labute approximate surface area is 134 Å². The Hall–Kier alpha value is -3.13. The predicted octanol–water partition coefficient (Wildman–Crippen LogP) is 3.41. The van der Waals surface area contributed by atoms with E-state index in [1.807, 2.05) is 32.0 Å². The van der Waals surface area contributed by atoms with E-state index in [2.05, 4.69) is 10.6 Å². The molecule has 2 N–H and O–H groups in total. The second kappa shape index (κ2) is 7.23. The Morgan fingerprint density at radius 1 is 1.04 bits per heavy atom. The van der Waals surface area contributed by atoms with Crippen LogP contribution in [0, 0.1) is 25.2 Å². The lowest BCUT2D eigenvalue weighted by Crippen LogP contribution is -2.17. The summed E-state index contributed by atoms with van der Waals surface area (Å²) in [6.07, 6.45) is -0.257. The largest absolute Gasteiger partial charge is 0.324 e. The van der Waals surface area contributed by atoms with Crippen molar-refractivity contribution in [3.63, 3.8) is 0 Å². The van der Waals surface area contributed by atoms with Gasteiger partial charge in [-0.25, -0.2) is 0 Å². The third-order valence-corrected chi connectivity index (χ3v) is 3.16. The molecule has 2 amide bonds. The smallest absolute Gasteiger partial charge is 0.257 e. The summed E-state index contributed by atoms with van der Waals surface area (Å²) >= 11 is 0. The van der Waals surface area contributed by atoms with Gasteiger partial charge >= 0.3 is 0 Å². The fourth-order valence-corrected chi connectivity index (χ4v) is 2.30. The van der Waals surface area contributed by atoms with E-state index in [-0.39, 0.29) is 12.3 Å². The molecule has 5 heteroatoms. The number of hydrogen-bond donors (Lipinski definition) is 2. The van der Waals surface area contributed by atoms with E-state index < -0.39 is 5.91 Å². The summed E-state index contributed by atoms with van der Waals surface area (Å²) in [7, 11) is 0. The van der Waals surface area contributed by atoms with Gasteiger partial charge in [0, 0.05) is 5.69 Å². The van der Waals surface area contributed by atoms with Gasteiger partial charge in [0.05, 0.1) is 17.3 Å². The van der Waals surface area contributed by atoms with Gasteiger partial charge in [-0.3, -0.25) is 9.59 Å². The highest BCUT2D eigenvalue weighted by atomic mass is 16.2. The Kier molecular flexibility index (Phi) is 5.11. The molecule has 5 nitrogen and oxygen atoms in total. The molecule has 0 unspecified atom stereocenters. The van der Waals surface area contributed by atoms with Crippen molar-refractivity contribution < 1.29 is 9.59 Å². The maximum atomic E-state index is 12.5. The summed E-state index contributed by atoms with van der Waals surface area (Å²) in [5.41, 5.74) is 3.53. The van der Waals surface area contributed by atoms with E-state index in [4.69, 9.17) is 5.26 Å². The summed E-state index contributed by atoms with van der Waals surface area (Å²) in [5.74, 6) is -0.762. The lowest BCUT2D eigenvalue weighted by atomic mass is 10.1. The molecule has 0 radical (unpaired) electrons. The molecule has 0 fully saturated rings. The minimum absolute atomic E-state index is 0.257. The van der Waals surface area contributed by atoms with Gasteiger partial charge < -0.3 is 10.6 Å². The second-order valence-electron chi connectivity index (χ2n) is 5.26. The zero-order valence-electron chi connectivity index (χ0n) is 13.0. The molecule has 2 aromatic carbocycles. The monoisotopic (exact) mass is 307 g/mol. The van der Waals surface area contributed by atoms with E-state index in [9.17, 15) is 9.59 Å². The normalized spacial score (nSPS) is 9.78. The number of rotatable bonds is 4. The first kappa shape index (κ1) is 16.2. The number of nitriles is 1. The third kappa shape index (κ3) is 4.42. The van der Waals surface area contributed by atoms with Crippen molar-refractivity contribution in [2.75, 3.05) is 10.6 Å². The number of nitrogens with one attached hydrogen (secondary N) is 2. The second-order valence-corrected chi connectivity index (χ2v) is 5.26. The van der Waals surface area contributed by atoms with Gasteiger partial charge in [-0.1, -0.05) is 18.2 Å². The molecule has 2 aromatic rings. The molecular formula is C18H17N3O2. The van der Waals surface area contributed by atoms with Crippen molar-refractivity contribution in [1.82, 2.24) is 0 Å². The molecule has 0 bridgehead atoms. The molecule has 0 heterocycles. The van der Waals surface area contributed by atoms with Gasteiger partial charge in [-0.2, -0.15) is 5.26 Å². The van der Waals surface area contributed by atoms with E-state index in [1.165, 1.54) is 0 Å². The molecular weight excluding hydrogens is 290 g/mol. The quantitative estimate of drug-likeness (QED) is 0.908. The first-order valence-corrected chi connectivity index (χ1v) is 7.15. The number of aryl methyl sites for hydroxylation is 2. The third-order valence-electron chi connectivity index (χ3n) is 3.16. The van der Waals surface area contributed by atoms with Crippen LogP contribution in [0.4, 0.5) is 11.4 Å². The lowest BCUT2D eigenvalue weighted by Gasteiger charge is -2.11. The van der Waals surface area contributed by atoms with Gasteiger partial charge in [0.15, 0.2) is 0 Å². The molecule has 2 rings (SSSR count). The van der Waals surface area contributed by atoms with Crippen LogP contribution in [-0.4, -0.2) is 11.8 Å². The first-order valence-electron chi connectivity index (χ1n) is 7.15. The summed E-state index contributed by atoms with van der Waals surface area (Å²) in [4.78, 5) is 24.0. The number of para-hydroxylation sites is 1. The maximum absolute atomic E-state index is 12.5. The molecule has 0 aliphatic carbocycles. The Bertz CT molecular complexity index is 771. The van der Waals surface area contributed by atoms with Crippen LogP contribution in [0.1, 0.15) is 27.9 Å². The van der Waals surface area contributed by atoms with Gasteiger partial charge in [-0.05, 0) is 49.2 Å². The van der Waals surface area contributed by atoms with Gasteiger partial charge in [0.2, 0.25) is 5.91 Å². The van der Waals surface area contributed by atoms with Crippen molar-refractivity contribution in [3.05, 3.63) is 59.2 Å². The highest BCUT2D eigenvalue weighted by molar-refractivity contribution is 6.10. The fourth-order valence-electron chi connectivity index (χ4n) is 2.30. The van der Waals surface area contributed by atoms with Crippen LogP contribution in [0.3, 0.4) is 0 Å². The number of carbonyl (C=O) groups excluding carboxylic acids is 2. The first-order chi connectivity index (χ1) is 11.0. The van der Waals surface area contributed by atoms with Crippen molar-refractivity contribution in [2.45, 2.75) is 20.3 Å². The summed E-state index contributed by atoms with van der Waals surface area (Å²) in [5, 5.41) is 14.0. The summed E-state index contributed by atoms with van der Waals surface area (Å²) in [6.45, 7) is 3.91. The number of nitrogens with zero attached hydrogens (tertiary/aromatic N) is 1. The molecule has 0 aliphatic rings. The Morgan fingerprint density at radius 3 is 2.35 bits per heavy atom. The fraction of sp³-hybridized carbons (Fsp3) is 0.167. The number of amides is 2. The predicted molar refractivity (Wildman–Crippen MR) is 89.2 cm³/mol. The van der Waals surface area contributed by atoms with Crippen molar-refractivity contribution in [3.8, 4) is 6.07 Å². The minimum atomic E-state index is -0.445. The van der Waals surface area contributed by atoms with E-state index in [1.54, 1.807) is 30.3 Å². The highest BCUT2D eigenvalue weighted by Crippen LogP contribution is 2.19. The lowest BCUT2D eigenvalue weighted by molar-refractivity contribution is -0.115. The van der Waals surface area contributed by atoms with Gasteiger partial charge in [0.1, 0.15) is 6.42 Å². The highest BCUT2D eigenvalue weighted by Gasteiger charge is 2.13. The molecule has 23 heavy (non-hydrogen) atoms. The van der Waals surface area contributed by atoms with Crippen LogP contribution in [0.15, 0.2) is 42.5 Å². The van der Waals surface area contributed by atoms with Gasteiger partial charge in [-0.15, -0.1) is 0 Å². The molecule has 0 spiro atoms. The van der Waals surface area contributed by atoms with E-state index in [0.29, 0.717) is 16.9 Å². The molecule has 0 atom stereocenters. The Morgan fingerprint density at radius 2 is 1.70 bits per heavy atom. The summed E-state index contributed by atoms with van der Waals surface area (Å²) < 4.78 is 0. The molecule has 116 valence electrons. The average molecular weight is 307 g/mol. The number of anilines is 2. The molecule has 0 aliphatic heterocycles. The Balaban J connectivity index is 2.22. The molecule has 0 aromatic heterocycles. The average Bonchev–Trinajstić information content (AvgIpc) is 2.46. The van der Waals surface area contributed by atoms with Crippen LogP contribution in [-0.2, 0) is 4.79 Å². The maximum Gasteiger partial charge on any atom is 0.257 e.